The Bertz CT molecular complexity index is 1240. The third-order valence-electron chi connectivity index (χ3n) is 9.79. The Labute approximate surface area is 260 Å². The first-order chi connectivity index (χ1) is 21.0. The predicted octanol–water partition coefficient (Wildman–Crippen LogP) is 1.66. The van der Waals surface area contributed by atoms with E-state index in [0.717, 1.165) is 57.5 Å². The van der Waals surface area contributed by atoms with Crippen LogP contribution in [0.2, 0.25) is 0 Å². The number of hydrogen-bond donors (Lipinski definition) is 2. The summed E-state index contributed by atoms with van der Waals surface area (Å²) in [5, 5.41) is 5.82. The molecule has 3 saturated heterocycles. The van der Waals surface area contributed by atoms with Crippen molar-refractivity contribution in [3.63, 3.8) is 0 Å². The molecule has 0 spiro atoms. The zero-order valence-corrected chi connectivity index (χ0v) is 26.6. The largest absolute Gasteiger partial charge is 0.369 e. The minimum absolute atomic E-state index is 0.0564. The molecule has 3 aliphatic heterocycles. The number of Topliss-reactive ketones (excluding diaryl/α,β-unsaturated/α-hetero) is 1. The lowest BCUT2D eigenvalue weighted by Gasteiger charge is -2.34. The Morgan fingerprint density at radius 1 is 0.864 bits per heavy atom. The van der Waals surface area contributed by atoms with Crippen molar-refractivity contribution in [3.8, 4) is 0 Å². The summed E-state index contributed by atoms with van der Waals surface area (Å²) < 4.78 is 0. The van der Waals surface area contributed by atoms with Gasteiger partial charge in [-0.25, -0.2) is 0 Å². The number of hydrogen-bond acceptors (Lipinski definition) is 7. The molecule has 1 saturated carbocycles. The second kappa shape index (κ2) is 13.7. The van der Waals surface area contributed by atoms with Crippen molar-refractivity contribution in [1.82, 2.24) is 25.3 Å². The number of likely N-dealkylation sites (N-methyl/N-ethyl adjacent to an activating group) is 1. The van der Waals surface area contributed by atoms with E-state index in [1.54, 1.807) is 21.9 Å². The van der Waals surface area contributed by atoms with E-state index in [-0.39, 0.29) is 47.8 Å². The highest BCUT2D eigenvalue weighted by Gasteiger charge is 2.53. The van der Waals surface area contributed by atoms with Gasteiger partial charge in [0.15, 0.2) is 5.78 Å². The standard InChI is InChI=1S/C33H48N6O5/c1-21(2)19-26(35-31(42)24-9-11-25(12-10-24)37-17-15-36(4)16-18-37)32(43)38-14-13-27-30(38)28(41)20-39(27)33(44)29(34-22(3)40)23-7-5-6-8-23/h9-12,21,23,26-27,29-30H,5-8,13-20H2,1-4H3,(H,34,40)(H,35,42). The summed E-state index contributed by atoms with van der Waals surface area (Å²) in [6.07, 6.45) is 4.69. The van der Waals surface area contributed by atoms with Crippen molar-refractivity contribution in [3.05, 3.63) is 29.8 Å². The van der Waals surface area contributed by atoms with Crippen molar-refractivity contribution >= 4 is 35.1 Å². The van der Waals surface area contributed by atoms with Gasteiger partial charge in [0.25, 0.3) is 5.91 Å². The van der Waals surface area contributed by atoms with Gasteiger partial charge in [0.2, 0.25) is 17.7 Å². The number of likely N-dealkylation sites (tertiary alicyclic amines) is 2. The van der Waals surface area contributed by atoms with Crippen molar-refractivity contribution in [2.75, 3.05) is 51.2 Å². The molecule has 11 nitrogen and oxygen atoms in total. The van der Waals surface area contributed by atoms with Crippen LogP contribution in [0.5, 0.6) is 0 Å². The average Bonchev–Trinajstić information content (AvgIpc) is 3.74. The van der Waals surface area contributed by atoms with Gasteiger partial charge in [0.05, 0.1) is 12.6 Å². The highest BCUT2D eigenvalue weighted by atomic mass is 16.2. The van der Waals surface area contributed by atoms with Crippen LogP contribution in [-0.2, 0) is 19.2 Å². The molecule has 44 heavy (non-hydrogen) atoms. The summed E-state index contributed by atoms with van der Waals surface area (Å²) in [6.45, 7) is 9.52. The monoisotopic (exact) mass is 608 g/mol. The molecule has 1 aromatic carbocycles. The summed E-state index contributed by atoms with van der Waals surface area (Å²) in [5.74, 6) is -1.09. The molecule has 1 aliphatic carbocycles. The van der Waals surface area contributed by atoms with Crippen molar-refractivity contribution in [2.45, 2.75) is 83.5 Å². The number of amides is 4. The minimum atomic E-state index is -0.790. The van der Waals surface area contributed by atoms with Crippen LogP contribution in [0.3, 0.4) is 0 Å². The topological polar surface area (TPSA) is 122 Å². The number of nitrogens with one attached hydrogen (secondary N) is 2. The Morgan fingerprint density at radius 2 is 1.52 bits per heavy atom. The quantitative estimate of drug-likeness (QED) is 0.437. The van der Waals surface area contributed by atoms with E-state index < -0.39 is 24.2 Å². The van der Waals surface area contributed by atoms with Crippen molar-refractivity contribution in [1.29, 1.82) is 0 Å². The smallest absolute Gasteiger partial charge is 0.251 e. The maximum Gasteiger partial charge on any atom is 0.251 e. The number of benzene rings is 1. The molecule has 3 heterocycles. The molecule has 11 heteroatoms. The Balaban J connectivity index is 1.26. The fourth-order valence-electron chi connectivity index (χ4n) is 7.45. The summed E-state index contributed by atoms with van der Waals surface area (Å²) >= 11 is 0. The second-order valence-electron chi connectivity index (χ2n) is 13.5. The maximum atomic E-state index is 14.0. The zero-order valence-electron chi connectivity index (χ0n) is 26.6. The molecule has 4 atom stereocenters. The van der Waals surface area contributed by atoms with Crippen LogP contribution >= 0.6 is 0 Å². The SMILES string of the molecule is CC(=O)NC(C(=O)N1CC(=O)C2C1CCN2C(=O)C(CC(C)C)NC(=O)c1ccc(N2CCN(C)CC2)cc1)C1CCCC1. The molecule has 240 valence electrons. The number of carbonyl (C=O) groups is 5. The summed E-state index contributed by atoms with van der Waals surface area (Å²) in [5.41, 5.74) is 1.55. The number of piperazine rings is 1. The second-order valence-corrected chi connectivity index (χ2v) is 13.5. The fourth-order valence-corrected chi connectivity index (χ4v) is 7.45. The number of ketones is 1. The highest BCUT2D eigenvalue weighted by molar-refractivity contribution is 6.01. The Morgan fingerprint density at radius 3 is 2.14 bits per heavy atom. The average molecular weight is 609 g/mol. The first-order valence-corrected chi connectivity index (χ1v) is 16.3. The first kappa shape index (κ1) is 31.9. The van der Waals surface area contributed by atoms with Crippen LogP contribution in [-0.4, -0.2) is 115 Å². The normalized spacial score (nSPS) is 24.0. The van der Waals surface area contributed by atoms with Gasteiger partial charge < -0.3 is 30.2 Å². The summed E-state index contributed by atoms with van der Waals surface area (Å²) in [7, 11) is 2.11. The maximum absolute atomic E-state index is 14.0. The van der Waals surface area contributed by atoms with Crippen molar-refractivity contribution < 1.29 is 24.0 Å². The van der Waals surface area contributed by atoms with Crippen LogP contribution in [0.4, 0.5) is 5.69 Å². The molecule has 0 bridgehead atoms. The number of anilines is 1. The molecule has 1 aromatic rings. The lowest BCUT2D eigenvalue weighted by atomic mass is 9.96. The van der Waals surface area contributed by atoms with Gasteiger partial charge in [-0.3, -0.25) is 24.0 Å². The Kier molecular flexibility index (Phi) is 9.92. The number of carbonyl (C=O) groups excluding carboxylic acids is 5. The van der Waals surface area contributed by atoms with E-state index in [1.807, 2.05) is 26.0 Å². The van der Waals surface area contributed by atoms with Crippen LogP contribution < -0.4 is 15.5 Å². The van der Waals surface area contributed by atoms with Gasteiger partial charge in [-0.15, -0.1) is 0 Å². The molecule has 2 N–H and O–H groups in total. The predicted molar refractivity (Wildman–Crippen MR) is 167 cm³/mol. The molecular formula is C33H48N6O5. The van der Waals surface area contributed by atoms with E-state index in [2.05, 4.69) is 27.5 Å². The van der Waals surface area contributed by atoms with E-state index in [4.69, 9.17) is 0 Å². The van der Waals surface area contributed by atoms with Crippen molar-refractivity contribution in [2.24, 2.45) is 11.8 Å². The minimum Gasteiger partial charge on any atom is -0.369 e. The lowest BCUT2D eigenvalue weighted by Crippen LogP contribution is -2.54. The summed E-state index contributed by atoms with van der Waals surface area (Å²) in [4.78, 5) is 74.2. The van der Waals surface area contributed by atoms with Crippen LogP contribution in [0.1, 0.15) is 69.7 Å². The number of rotatable bonds is 9. The molecule has 4 fully saturated rings. The van der Waals surface area contributed by atoms with Gasteiger partial charge in [-0.1, -0.05) is 26.7 Å². The highest BCUT2D eigenvalue weighted by Crippen LogP contribution is 2.34. The zero-order chi connectivity index (χ0) is 31.5. The number of fused-ring (bicyclic) bond motifs is 1. The van der Waals surface area contributed by atoms with Crippen LogP contribution in [0.25, 0.3) is 0 Å². The van der Waals surface area contributed by atoms with Gasteiger partial charge in [0.1, 0.15) is 18.1 Å². The molecule has 5 rings (SSSR count). The fraction of sp³-hybridized carbons (Fsp3) is 0.667. The molecule has 0 aromatic heterocycles. The van der Waals surface area contributed by atoms with Gasteiger partial charge >= 0.3 is 0 Å². The van der Waals surface area contributed by atoms with Crippen LogP contribution in [0, 0.1) is 11.8 Å². The van der Waals surface area contributed by atoms with E-state index in [0.29, 0.717) is 24.9 Å². The van der Waals surface area contributed by atoms with Gasteiger partial charge in [-0.2, -0.15) is 0 Å². The molecule has 4 amide bonds. The third-order valence-corrected chi connectivity index (χ3v) is 9.79. The Hall–Kier alpha value is -3.47. The molecule has 4 aliphatic rings. The first-order valence-electron chi connectivity index (χ1n) is 16.3. The molecular weight excluding hydrogens is 560 g/mol. The molecule has 0 radical (unpaired) electrons. The van der Waals surface area contributed by atoms with E-state index >= 15 is 0 Å². The van der Waals surface area contributed by atoms with Gasteiger partial charge in [-0.05, 0) is 68.8 Å². The molecule has 4 unspecified atom stereocenters. The van der Waals surface area contributed by atoms with E-state index in [9.17, 15) is 24.0 Å². The number of nitrogens with zero attached hydrogens (tertiary/aromatic N) is 4. The van der Waals surface area contributed by atoms with E-state index in [1.165, 1.54) is 6.92 Å². The van der Waals surface area contributed by atoms with Crippen LogP contribution in [0.15, 0.2) is 24.3 Å². The lowest BCUT2D eigenvalue weighted by molar-refractivity contribution is -0.139. The third kappa shape index (κ3) is 6.92. The summed E-state index contributed by atoms with van der Waals surface area (Å²) in [6, 6.07) is 4.90. The van der Waals surface area contributed by atoms with Gasteiger partial charge in [0, 0.05) is 50.9 Å².